The highest BCUT2D eigenvalue weighted by atomic mass is 19.1. The van der Waals surface area contributed by atoms with E-state index < -0.39 is 0 Å². The van der Waals surface area contributed by atoms with E-state index in [4.69, 9.17) is 0 Å². The van der Waals surface area contributed by atoms with Crippen LogP contribution in [0.1, 0.15) is 58.9 Å². The first-order valence-corrected chi connectivity index (χ1v) is 7.51. The topological polar surface area (TPSA) is 12.0 Å². The van der Waals surface area contributed by atoms with Gasteiger partial charge in [-0.25, -0.2) is 4.39 Å². The molecule has 0 aliphatic rings. The first kappa shape index (κ1) is 16.2. The molecule has 19 heavy (non-hydrogen) atoms. The van der Waals surface area contributed by atoms with Gasteiger partial charge in [-0.2, -0.15) is 0 Å². The van der Waals surface area contributed by atoms with E-state index in [1.807, 2.05) is 12.1 Å². The number of unbranched alkanes of at least 4 members (excludes halogenated alkanes) is 1. The van der Waals surface area contributed by atoms with Crippen molar-refractivity contribution < 1.29 is 4.39 Å². The van der Waals surface area contributed by atoms with Crippen molar-refractivity contribution in [3.8, 4) is 0 Å². The summed E-state index contributed by atoms with van der Waals surface area (Å²) in [6.07, 6.45) is 4.75. The van der Waals surface area contributed by atoms with E-state index in [-0.39, 0.29) is 11.2 Å². The Morgan fingerprint density at radius 2 is 1.74 bits per heavy atom. The van der Waals surface area contributed by atoms with Gasteiger partial charge in [-0.15, -0.1) is 0 Å². The first-order chi connectivity index (χ1) is 9.02. The molecule has 108 valence electrons. The van der Waals surface area contributed by atoms with Crippen LogP contribution in [0.2, 0.25) is 0 Å². The molecule has 0 aromatic heterocycles. The summed E-state index contributed by atoms with van der Waals surface area (Å²) in [5.41, 5.74) is 1.23. The third kappa shape index (κ3) is 4.61. The van der Waals surface area contributed by atoms with Crippen molar-refractivity contribution >= 4 is 0 Å². The second-order valence-electron chi connectivity index (χ2n) is 5.88. The van der Waals surface area contributed by atoms with Crippen molar-refractivity contribution in [1.29, 1.82) is 0 Å². The molecule has 0 radical (unpaired) electrons. The molecule has 1 aromatic rings. The Labute approximate surface area is 117 Å². The Bertz CT molecular complexity index is 348. The molecule has 0 spiro atoms. The molecule has 0 saturated heterocycles. The smallest absolute Gasteiger partial charge is 0.123 e. The highest BCUT2D eigenvalue weighted by Gasteiger charge is 2.30. The fourth-order valence-corrected chi connectivity index (χ4v) is 2.53. The summed E-state index contributed by atoms with van der Waals surface area (Å²) in [4.78, 5) is 0. The average Bonchev–Trinajstić information content (AvgIpc) is 2.39. The van der Waals surface area contributed by atoms with Gasteiger partial charge in [0.05, 0.1) is 0 Å². The van der Waals surface area contributed by atoms with Gasteiger partial charge in [0.1, 0.15) is 5.82 Å². The number of halogens is 1. The molecule has 0 bridgehead atoms. The third-order valence-electron chi connectivity index (χ3n) is 3.95. The molecule has 1 aromatic carbocycles. The summed E-state index contributed by atoms with van der Waals surface area (Å²) >= 11 is 0. The van der Waals surface area contributed by atoms with Crippen LogP contribution in [0.5, 0.6) is 0 Å². The lowest BCUT2D eigenvalue weighted by Crippen LogP contribution is -2.45. The lowest BCUT2D eigenvalue weighted by Gasteiger charge is -2.36. The van der Waals surface area contributed by atoms with E-state index in [1.54, 1.807) is 12.1 Å². The molecule has 0 heterocycles. The lowest BCUT2D eigenvalue weighted by atomic mass is 9.75. The normalized spacial score (nSPS) is 13.5. The standard InChI is InChI=1S/C17H28FN/c1-5-7-8-16(19-13-6-2)17(3,4)14-9-11-15(18)12-10-14/h9-12,16,19H,5-8,13H2,1-4H3. The molecule has 1 nitrogen and oxygen atoms in total. The Morgan fingerprint density at radius 1 is 1.11 bits per heavy atom. The van der Waals surface area contributed by atoms with E-state index in [0.717, 1.165) is 13.0 Å². The van der Waals surface area contributed by atoms with Gasteiger partial charge in [0.25, 0.3) is 0 Å². The Hall–Kier alpha value is -0.890. The van der Waals surface area contributed by atoms with Crippen molar-refractivity contribution in [2.24, 2.45) is 0 Å². The van der Waals surface area contributed by atoms with Crippen LogP contribution in [0, 0.1) is 5.82 Å². The van der Waals surface area contributed by atoms with Gasteiger partial charge < -0.3 is 5.32 Å². The van der Waals surface area contributed by atoms with Gasteiger partial charge in [-0.3, -0.25) is 0 Å². The molecule has 2 heteroatoms. The molecule has 0 fully saturated rings. The zero-order valence-corrected chi connectivity index (χ0v) is 12.8. The van der Waals surface area contributed by atoms with E-state index in [1.165, 1.54) is 24.8 Å². The maximum Gasteiger partial charge on any atom is 0.123 e. The Kier molecular flexibility index (Phi) is 6.50. The maximum atomic E-state index is 13.1. The minimum Gasteiger partial charge on any atom is -0.313 e. The lowest BCUT2D eigenvalue weighted by molar-refractivity contribution is 0.316. The van der Waals surface area contributed by atoms with Gasteiger partial charge in [0.15, 0.2) is 0 Å². The van der Waals surface area contributed by atoms with Gasteiger partial charge >= 0.3 is 0 Å². The van der Waals surface area contributed by atoms with Crippen LogP contribution in [-0.2, 0) is 5.41 Å². The van der Waals surface area contributed by atoms with Crippen LogP contribution in [-0.4, -0.2) is 12.6 Å². The predicted molar refractivity (Wildman–Crippen MR) is 81.0 cm³/mol. The number of hydrogen-bond acceptors (Lipinski definition) is 1. The van der Waals surface area contributed by atoms with E-state index in [9.17, 15) is 4.39 Å². The largest absolute Gasteiger partial charge is 0.313 e. The van der Waals surface area contributed by atoms with Crippen LogP contribution in [0.25, 0.3) is 0 Å². The monoisotopic (exact) mass is 265 g/mol. The highest BCUT2D eigenvalue weighted by Crippen LogP contribution is 2.30. The maximum absolute atomic E-state index is 13.1. The van der Waals surface area contributed by atoms with Crippen molar-refractivity contribution in [2.75, 3.05) is 6.54 Å². The summed E-state index contributed by atoms with van der Waals surface area (Å²) in [6, 6.07) is 7.41. The Balaban J connectivity index is 2.86. The summed E-state index contributed by atoms with van der Waals surface area (Å²) < 4.78 is 13.1. The summed E-state index contributed by atoms with van der Waals surface area (Å²) in [5, 5.41) is 3.66. The van der Waals surface area contributed by atoms with Crippen LogP contribution >= 0.6 is 0 Å². The predicted octanol–water partition coefficient (Wildman–Crippen LogP) is 4.66. The minimum atomic E-state index is -0.161. The number of hydrogen-bond donors (Lipinski definition) is 1. The molecule has 0 saturated carbocycles. The molecule has 0 amide bonds. The SMILES string of the molecule is CCCCC(NCCC)C(C)(C)c1ccc(F)cc1. The highest BCUT2D eigenvalue weighted by molar-refractivity contribution is 5.26. The molecule has 0 aliphatic carbocycles. The average molecular weight is 265 g/mol. The minimum absolute atomic E-state index is 0.0258. The molecular formula is C17H28FN. The summed E-state index contributed by atoms with van der Waals surface area (Å²) in [5.74, 6) is -0.161. The van der Waals surface area contributed by atoms with E-state index in [2.05, 4.69) is 33.0 Å². The van der Waals surface area contributed by atoms with Crippen molar-refractivity contribution in [1.82, 2.24) is 5.32 Å². The molecule has 0 aliphatic heterocycles. The molecule has 1 unspecified atom stereocenters. The number of rotatable bonds is 8. The zero-order valence-electron chi connectivity index (χ0n) is 12.8. The van der Waals surface area contributed by atoms with Gasteiger partial charge in [-0.05, 0) is 37.1 Å². The van der Waals surface area contributed by atoms with Crippen LogP contribution in [0.3, 0.4) is 0 Å². The fraction of sp³-hybridized carbons (Fsp3) is 0.647. The molecule has 1 rings (SSSR count). The van der Waals surface area contributed by atoms with E-state index >= 15 is 0 Å². The summed E-state index contributed by atoms with van der Waals surface area (Å²) in [7, 11) is 0. The van der Waals surface area contributed by atoms with Gasteiger partial charge in [0, 0.05) is 11.5 Å². The van der Waals surface area contributed by atoms with Crippen molar-refractivity contribution in [2.45, 2.75) is 64.8 Å². The fourth-order valence-electron chi connectivity index (χ4n) is 2.53. The first-order valence-electron chi connectivity index (χ1n) is 7.51. The third-order valence-corrected chi connectivity index (χ3v) is 3.95. The van der Waals surface area contributed by atoms with E-state index in [0.29, 0.717) is 6.04 Å². The van der Waals surface area contributed by atoms with Crippen molar-refractivity contribution in [3.05, 3.63) is 35.6 Å². The second kappa shape index (κ2) is 7.64. The number of benzene rings is 1. The van der Waals surface area contributed by atoms with Gasteiger partial charge in [-0.1, -0.05) is 52.7 Å². The van der Waals surface area contributed by atoms with Crippen LogP contribution in [0.4, 0.5) is 4.39 Å². The molecular weight excluding hydrogens is 237 g/mol. The van der Waals surface area contributed by atoms with Gasteiger partial charge in [0.2, 0.25) is 0 Å². The van der Waals surface area contributed by atoms with Crippen molar-refractivity contribution in [3.63, 3.8) is 0 Å². The molecule has 1 N–H and O–H groups in total. The van der Waals surface area contributed by atoms with Crippen LogP contribution < -0.4 is 5.32 Å². The summed E-state index contributed by atoms with van der Waals surface area (Å²) in [6.45, 7) is 9.96. The molecule has 1 atom stereocenters. The number of nitrogens with one attached hydrogen (secondary N) is 1. The second-order valence-corrected chi connectivity index (χ2v) is 5.88. The zero-order chi connectivity index (χ0) is 14.3. The Morgan fingerprint density at radius 3 is 2.26 bits per heavy atom. The quantitative estimate of drug-likeness (QED) is 0.720. The van der Waals surface area contributed by atoms with Crippen LogP contribution in [0.15, 0.2) is 24.3 Å².